The summed E-state index contributed by atoms with van der Waals surface area (Å²) in [6.45, 7) is 4.98. The minimum atomic E-state index is -0.115. The lowest BCUT2D eigenvalue weighted by atomic mass is 10.1. The maximum Gasteiger partial charge on any atom is 0.256 e. The van der Waals surface area contributed by atoms with Crippen molar-refractivity contribution < 1.29 is 19.0 Å². The fourth-order valence-corrected chi connectivity index (χ4v) is 2.42. The lowest BCUT2D eigenvalue weighted by Gasteiger charge is -2.37. The third-order valence-corrected chi connectivity index (χ3v) is 3.65. The molecule has 1 aliphatic rings. The zero-order valence-corrected chi connectivity index (χ0v) is 12.9. The van der Waals surface area contributed by atoms with E-state index in [1.807, 2.05) is 13.8 Å². The normalized spacial score (nSPS) is 22.0. The van der Waals surface area contributed by atoms with E-state index in [-0.39, 0.29) is 18.1 Å². The minimum Gasteiger partial charge on any atom is -0.493 e. The number of amides is 1. The van der Waals surface area contributed by atoms with E-state index >= 15 is 0 Å². The van der Waals surface area contributed by atoms with Crippen LogP contribution < -0.4 is 15.2 Å². The third-order valence-electron chi connectivity index (χ3n) is 3.65. The van der Waals surface area contributed by atoms with Crippen molar-refractivity contribution in [1.29, 1.82) is 0 Å². The Kier molecular flexibility index (Phi) is 4.57. The van der Waals surface area contributed by atoms with Crippen LogP contribution in [0.5, 0.6) is 11.5 Å². The van der Waals surface area contributed by atoms with E-state index in [1.54, 1.807) is 17.0 Å². The first-order valence-corrected chi connectivity index (χ1v) is 6.92. The molecule has 0 aromatic heterocycles. The maximum absolute atomic E-state index is 12.7. The van der Waals surface area contributed by atoms with Crippen molar-refractivity contribution >= 4 is 11.6 Å². The Morgan fingerprint density at radius 3 is 2.52 bits per heavy atom. The van der Waals surface area contributed by atoms with Gasteiger partial charge in [-0.2, -0.15) is 0 Å². The van der Waals surface area contributed by atoms with Crippen LogP contribution in [0.1, 0.15) is 24.2 Å². The Morgan fingerprint density at radius 1 is 1.29 bits per heavy atom. The molecule has 0 spiro atoms. The van der Waals surface area contributed by atoms with Gasteiger partial charge in [-0.3, -0.25) is 4.79 Å². The lowest BCUT2D eigenvalue weighted by molar-refractivity contribution is -0.0386. The molecule has 0 saturated carbocycles. The molecule has 0 aliphatic carbocycles. The number of hydrogen-bond acceptors (Lipinski definition) is 5. The van der Waals surface area contributed by atoms with Crippen molar-refractivity contribution in [2.24, 2.45) is 0 Å². The first-order chi connectivity index (χ1) is 9.97. The van der Waals surface area contributed by atoms with E-state index in [0.29, 0.717) is 35.9 Å². The highest BCUT2D eigenvalue weighted by Gasteiger charge is 2.29. The molecule has 1 heterocycles. The van der Waals surface area contributed by atoms with E-state index in [0.717, 1.165) is 0 Å². The summed E-state index contributed by atoms with van der Waals surface area (Å²) in [5, 5.41) is 0. The first-order valence-electron chi connectivity index (χ1n) is 6.92. The summed E-state index contributed by atoms with van der Waals surface area (Å²) in [6.07, 6.45) is 0.0199. The van der Waals surface area contributed by atoms with Crippen molar-refractivity contribution in [1.82, 2.24) is 4.90 Å². The SMILES string of the molecule is COc1cc(N)c(C(=O)N2CC(C)OCC2C)cc1OC. The summed E-state index contributed by atoms with van der Waals surface area (Å²) >= 11 is 0. The van der Waals surface area contributed by atoms with Crippen LogP contribution in [0.4, 0.5) is 5.69 Å². The molecule has 2 atom stereocenters. The Hall–Kier alpha value is -1.95. The molecular weight excluding hydrogens is 272 g/mol. The van der Waals surface area contributed by atoms with Gasteiger partial charge in [0.15, 0.2) is 11.5 Å². The van der Waals surface area contributed by atoms with E-state index in [2.05, 4.69) is 0 Å². The molecule has 116 valence electrons. The minimum absolute atomic E-state index is 0.0150. The van der Waals surface area contributed by atoms with Gasteiger partial charge < -0.3 is 24.8 Å². The van der Waals surface area contributed by atoms with Crippen LogP contribution in [0.3, 0.4) is 0 Å². The van der Waals surface area contributed by atoms with Crippen molar-refractivity contribution in [3.05, 3.63) is 17.7 Å². The number of hydrogen-bond donors (Lipinski definition) is 1. The predicted molar refractivity (Wildman–Crippen MR) is 79.9 cm³/mol. The number of nitrogen functional groups attached to an aromatic ring is 1. The maximum atomic E-state index is 12.7. The molecule has 6 heteroatoms. The van der Waals surface area contributed by atoms with Crippen LogP contribution >= 0.6 is 0 Å². The van der Waals surface area contributed by atoms with Gasteiger partial charge in [-0.25, -0.2) is 0 Å². The highest BCUT2D eigenvalue weighted by Crippen LogP contribution is 2.33. The number of methoxy groups -OCH3 is 2. The first kappa shape index (κ1) is 15.4. The molecule has 2 unspecified atom stereocenters. The summed E-state index contributed by atoms with van der Waals surface area (Å²) < 4.78 is 16.0. The topological polar surface area (TPSA) is 74.0 Å². The number of nitrogens with zero attached hydrogens (tertiary/aromatic N) is 1. The van der Waals surface area contributed by atoms with Gasteiger partial charge in [-0.05, 0) is 19.9 Å². The molecule has 21 heavy (non-hydrogen) atoms. The molecule has 1 aromatic carbocycles. The van der Waals surface area contributed by atoms with Crippen LogP contribution in [-0.4, -0.2) is 50.3 Å². The zero-order valence-electron chi connectivity index (χ0n) is 12.9. The van der Waals surface area contributed by atoms with Crippen LogP contribution in [0.25, 0.3) is 0 Å². The van der Waals surface area contributed by atoms with E-state index < -0.39 is 0 Å². The predicted octanol–water partition coefficient (Wildman–Crippen LogP) is 1.54. The number of ether oxygens (including phenoxy) is 3. The van der Waals surface area contributed by atoms with Crippen molar-refractivity contribution in [2.75, 3.05) is 33.1 Å². The summed E-state index contributed by atoms with van der Waals surface area (Å²) in [6, 6.07) is 3.26. The van der Waals surface area contributed by atoms with Gasteiger partial charge in [0, 0.05) is 18.3 Å². The number of carbonyl (C=O) groups is 1. The number of morpholine rings is 1. The molecule has 1 amide bonds. The van der Waals surface area contributed by atoms with Gasteiger partial charge >= 0.3 is 0 Å². The van der Waals surface area contributed by atoms with Crippen LogP contribution in [0.2, 0.25) is 0 Å². The van der Waals surface area contributed by atoms with Gasteiger partial charge in [0.05, 0.1) is 38.5 Å². The molecule has 1 fully saturated rings. The Labute approximate surface area is 124 Å². The van der Waals surface area contributed by atoms with Crippen LogP contribution in [0.15, 0.2) is 12.1 Å². The molecule has 0 radical (unpaired) electrons. The molecule has 0 bridgehead atoms. The quantitative estimate of drug-likeness (QED) is 0.856. The molecular formula is C15H22N2O4. The Morgan fingerprint density at radius 2 is 1.90 bits per heavy atom. The standard InChI is InChI=1S/C15H22N2O4/c1-9-8-21-10(2)7-17(9)15(18)11-5-13(19-3)14(20-4)6-12(11)16/h5-6,9-10H,7-8,16H2,1-4H3. The third kappa shape index (κ3) is 3.05. The molecule has 1 aliphatic heterocycles. The van der Waals surface area contributed by atoms with Crippen LogP contribution in [0, 0.1) is 0 Å². The van der Waals surface area contributed by atoms with E-state index in [1.165, 1.54) is 14.2 Å². The molecule has 2 N–H and O–H groups in total. The smallest absolute Gasteiger partial charge is 0.256 e. The largest absolute Gasteiger partial charge is 0.493 e. The average Bonchev–Trinajstić information content (AvgIpc) is 2.48. The Balaban J connectivity index is 2.34. The fraction of sp³-hybridized carbons (Fsp3) is 0.533. The van der Waals surface area contributed by atoms with Gasteiger partial charge in [0.2, 0.25) is 0 Å². The number of carbonyl (C=O) groups excluding carboxylic acids is 1. The molecule has 2 rings (SSSR count). The average molecular weight is 294 g/mol. The van der Waals surface area contributed by atoms with Crippen molar-refractivity contribution in [3.63, 3.8) is 0 Å². The van der Waals surface area contributed by atoms with Gasteiger partial charge in [-0.15, -0.1) is 0 Å². The second-order valence-corrected chi connectivity index (χ2v) is 5.24. The van der Waals surface area contributed by atoms with Gasteiger partial charge in [-0.1, -0.05) is 0 Å². The Bertz CT molecular complexity index is 533. The molecule has 6 nitrogen and oxygen atoms in total. The number of anilines is 1. The summed E-state index contributed by atoms with van der Waals surface area (Å²) in [5.41, 5.74) is 6.80. The zero-order chi connectivity index (χ0) is 15.6. The van der Waals surface area contributed by atoms with E-state index in [9.17, 15) is 4.79 Å². The summed E-state index contributed by atoms with van der Waals surface area (Å²) in [7, 11) is 3.06. The monoisotopic (exact) mass is 294 g/mol. The highest BCUT2D eigenvalue weighted by molar-refractivity contribution is 6.00. The van der Waals surface area contributed by atoms with Crippen molar-refractivity contribution in [3.8, 4) is 11.5 Å². The number of nitrogens with two attached hydrogens (primary N) is 1. The lowest BCUT2D eigenvalue weighted by Crippen LogP contribution is -2.50. The second-order valence-electron chi connectivity index (χ2n) is 5.24. The number of rotatable bonds is 3. The number of benzene rings is 1. The molecule has 1 aromatic rings. The van der Waals surface area contributed by atoms with Crippen LogP contribution in [-0.2, 0) is 4.74 Å². The summed E-state index contributed by atoms with van der Waals surface area (Å²) in [4.78, 5) is 14.5. The fourth-order valence-electron chi connectivity index (χ4n) is 2.42. The highest BCUT2D eigenvalue weighted by atomic mass is 16.5. The van der Waals surface area contributed by atoms with Crippen molar-refractivity contribution in [2.45, 2.75) is 26.0 Å². The van der Waals surface area contributed by atoms with Gasteiger partial charge in [0.25, 0.3) is 5.91 Å². The summed E-state index contributed by atoms with van der Waals surface area (Å²) in [5.74, 6) is 0.884. The van der Waals surface area contributed by atoms with E-state index in [4.69, 9.17) is 19.9 Å². The van der Waals surface area contributed by atoms with Gasteiger partial charge in [0.1, 0.15) is 0 Å². The molecule has 1 saturated heterocycles. The second kappa shape index (κ2) is 6.22.